The number of ether oxygens (including phenoxy) is 3. The Morgan fingerprint density at radius 2 is 1.88 bits per heavy atom. The van der Waals surface area contributed by atoms with Gasteiger partial charge in [-0.2, -0.15) is 0 Å². The second kappa shape index (κ2) is 10.8. The van der Waals surface area contributed by atoms with E-state index in [1.807, 2.05) is 0 Å². The highest BCUT2D eigenvalue weighted by Gasteiger charge is 2.41. The van der Waals surface area contributed by atoms with Crippen LogP contribution in [0.1, 0.15) is 25.0 Å². The van der Waals surface area contributed by atoms with Gasteiger partial charge in [0, 0.05) is 12.1 Å². The number of thioether (sulfide) groups is 1. The van der Waals surface area contributed by atoms with Crippen molar-refractivity contribution in [2.75, 3.05) is 13.7 Å². The molecule has 11 heteroatoms. The van der Waals surface area contributed by atoms with E-state index in [4.69, 9.17) is 14.2 Å². The number of rotatable bonds is 9. The van der Waals surface area contributed by atoms with Gasteiger partial charge in [0.2, 0.25) is 0 Å². The van der Waals surface area contributed by atoms with Crippen LogP contribution in [0.2, 0.25) is 0 Å². The SMILES string of the molecule is CCOC(=O)C(C)N1C(=O)S/C(=C/c2ccc(OCc3ccc([N+](=O)[O-])cc3)c(OC)c2)C1=O. The normalized spacial score (nSPS) is 15.4. The summed E-state index contributed by atoms with van der Waals surface area (Å²) in [5, 5.41) is 10.2. The van der Waals surface area contributed by atoms with Crippen molar-refractivity contribution in [2.24, 2.45) is 0 Å². The lowest BCUT2D eigenvalue weighted by molar-refractivity contribution is -0.384. The van der Waals surface area contributed by atoms with E-state index in [1.165, 1.54) is 32.2 Å². The van der Waals surface area contributed by atoms with E-state index in [2.05, 4.69) is 0 Å². The molecule has 2 aromatic rings. The Balaban J connectivity index is 1.73. The molecule has 10 nitrogen and oxygen atoms in total. The summed E-state index contributed by atoms with van der Waals surface area (Å²) in [6, 6.07) is 9.97. The van der Waals surface area contributed by atoms with Crippen LogP contribution < -0.4 is 9.47 Å². The number of hydrogen-bond donors (Lipinski definition) is 0. The third kappa shape index (κ3) is 5.54. The number of amides is 2. The number of nitrogens with zero attached hydrogens (tertiary/aromatic N) is 2. The summed E-state index contributed by atoms with van der Waals surface area (Å²) in [5.41, 5.74) is 1.32. The summed E-state index contributed by atoms with van der Waals surface area (Å²) >= 11 is 0.740. The summed E-state index contributed by atoms with van der Waals surface area (Å²) in [7, 11) is 1.47. The van der Waals surface area contributed by atoms with E-state index < -0.39 is 28.1 Å². The predicted molar refractivity (Wildman–Crippen MR) is 124 cm³/mol. The summed E-state index contributed by atoms with van der Waals surface area (Å²) in [5.74, 6) is -0.396. The molecule has 0 bridgehead atoms. The Labute approximate surface area is 199 Å². The van der Waals surface area contributed by atoms with Crippen molar-refractivity contribution in [3.8, 4) is 11.5 Å². The van der Waals surface area contributed by atoms with E-state index in [0.29, 0.717) is 17.1 Å². The molecule has 2 aromatic carbocycles. The van der Waals surface area contributed by atoms with Crippen LogP contribution in [0.15, 0.2) is 47.4 Å². The monoisotopic (exact) mass is 486 g/mol. The lowest BCUT2D eigenvalue weighted by Crippen LogP contribution is -2.42. The standard InChI is InChI=1S/C23H22N2O8S/c1-4-32-22(27)14(2)24-21(26)20(34-23(24)28)12-16-7-10-18(19(11-16)31-3)33-13-15-5-8-17(9-6-15)25(29)30/h5-12,14H,4,13H2,1-3H3/b20-12+. The highest BCUT2D eigenvalue weighted by atomic mass is 32.2. The molecule has 3 rings (SSSR count). The highest BCUT2D eigenvalue weighted by molar-refractivity contribution is 8.18. The zero-order chi connectivity index (χ0) is 24.8. The van der Waals surface area contributed by atoms with Crippen LogP contribution in [0.25, 0.3) is 6.08 Å². The molecule has 2 amide bonds. The van der Waals surface area contributed by atoms with Crippen molar-refractivity contribution in [1.82, 2.24) is 4.90 Å². The highest BCUT2D eigenvalue weighted by Crippen LogP contribution is 2.36. The minimum atomic E-state index is -1.02. The molecule has 34 heavy (non-hydrogen) atoms. The Bertz CT molecular complexity index is 1150. The Kier molecular flexibility index (Phi) is 7.90. The summed E-state index contributed by atoms with van der Waals surface area (Å²) in [4.78, 5) is 48.4. The van der Waals surface area contributed by atoms with Gasteiger partial charge in [0.1, 0.15) is 12.6 Å². The summed E-state index contributed by atoms with van der Waals surface area (Å²) in [6.07, 6.45) is 1.53. The van der Waals surface area contributed by atoms with Crippen LogP contribution in [0.5, 0.6) is 11.5 Å². The van der Waals surface area contributed by atoms with E-state index in [-0.39, 0.29) is 23.8 Å². The first-order valence-electron chi connectivity index (χ1n) is 10.2. The molecular formula is C23H22N2O8S. The van der Waals surface area contributed by atoms with E-state index >= 15 is 0 Å². The minimum Gasteiger partial charge on any atom is -0.493 e. The number of methoxy groups -OCH3 is 1. The number of esters is 1. The van der Waals surface area contributed by atoms with E-state index in [9.17, 15) is 24.5 Å². The van der Waals surface area contributed by atoms with Crippen LogP contribution in [-0.4, -0.2) is 46.7 Å². The molecule has 1 saturated heterocycles. The Hall–Kier alpha value is -3.86. The van der Waals surface area contributed by atoms with Gasteiger partial charge in [0.15, 0.2) is 11.5 Å². The van der Waals surface area contributed by atoms with Crippen molar-refractivity contribution in [2.45, 2.75) is 26.5 Å². The smallest absolute Gasteiger partial charge is 0.329 e. The molecule has 0 aromatic heterocycles. The quantitative estimate of drug-likeness (QED) is 0.222. The van der Waals surface area contributed by atoms with Gasteiger partial charge >= 0.3 is 5.97 Å². The van der Waals surface area contributed by atoms with Crippen molar-refractivity contribution in [1.29, 1.82) is 0 Å². The number of hydrogen-bond acceptors (Lipinski definition) is 9. The number of nitro benzene ring substituents is 1. The summed E-state index contributed by atoms with van der Waals surface area (Å²) in [6.45, 7) is 3.40. The fourth-order valence-corrected chi connectivity index (χ4v) is 4.01. The number of benzene rings is 2. The lowest BCUT2D eigenvalue weighted by atomic mass is 10.1. The molecule has 1 unspecified atom stereocenters. The maximum absolute atomic E-state index is 12.7. The molecule has 1 aliphatic rings. The average Bonchev–Trinajstić information content (AvgIpc) is 3.10. The van der Waals surface area contributed by atoms with Gasteiger partial charge in [-0.05, 0) is 67.1 Å². The van der Waals surface area contributed by atoms with Crippen LogP contribution in [0.3, 0.4) is 0 Å². The third-order valence-corrected chi connectivity index (χ3v) is 5.75. The first kappa shape index (κ1) is 24.8. The molecule has 0 saturated carbocycles. The molecule has 1 aliphatic heterocycles. The maximum Gasteiger partial charge on any atom is 0.329 e. The molecule has 0 spiro atoms. The Morgan fingerprint density at radius 3 is 2.50 bits per heavy atom. The summed E-state index contributed by atoms with van der Waals surface area (Å²) < 4.78 is 16.1. The van der Waals surface area contributed by atoms with Gasteiger partial charge in [0.05, 0.1) is 23.5 Å². The van der Waals surface area contributed by atoms with E-state index in [1.54, 1.807) is 37.3 Å². The largest absolute Gasteiger partial charge is 0.493 e. The molecular weight excluding hydrogens is 464 g/mol. The zero-order valence-corrected chi connectivity index (χ0v) is 19.5. The van der Waals surface area contributed by atoms with Crippen LogP contribution in [-0.2, 0) is 20.9 Å². The number of carbonyl (C=O) groups is 3. The number of non-ortho nitro benzene ring substituents is 1. The van der Waals surface area contributed by atoms with Crippen molar-refractivity contribution in [3.63, 3.8) is 0 Å². The molecule has 0 aliphatic carbocycles. The van der Waals surface area contributed by atoms with Crippen molar-refractivity contribution >= 4 is 40.6 Å². The second-order valence-electron chi connectivity index (χ2n) is 7.10. The molecule has 1 heterocycles. The van der Waals surface area contributed by atoms with Gasteiger partial charge in [0.25, 0.3) is 16.8 Å². The topological polar surface area (TPSA) is 125 Å². The number of nitro groups is 1. The van der Waals surface area contributed by atoms with Gasteiger partial charge in [-0.15, -0.1) is 0 Å². The van der Waals surface area contributed by atoms with Crippen molar-refractivity contribution in [3.05, 3.63) is 68.6 Å². The average molecular weight is 487 g/mol. The first-order valence-corrected chi connectivity index (χ1v) is 11.0. The maximum atomic E-state index is 12.7. The van der Waals surface area contributed by atoms with E-state index in [0.717, 1.165) is 22.2 Å². The number of carbonyl (C=O) groups excluding carboxylic acids is 3. The van der Waals surface area contributed by atoms with Crippen LogP contribution in [0.4, 0.5) is 10.5 Å². The molecule has 1 atom stereocenters. The molecule has 178 valence electrons. The predicted octanol–water partition coefficient (Wildman–Crippen LogP) is 4.17. The van der Waals surface area contributed by atoms with Crippen LogP contribution in [0, 0.1) is 10.1 Å². The number of imide groups is 1. The van der Waals surface area contributed by atoms with Crippen molar-refractivity contribution < 1.29 is 33.5 Å². The zero-order valence-electron chi connectivity index (χ0n) is 18.7. The minimum absolute atomic E-state index is 0.00764. The lowest BCUT2D eigenvalue weighted by Gasteiger charge is -2.19. The van der Waals surface area contributed by atoms with Gasteiger partial charge in [-0.25, -0.2) is 4.79 Å². The molecule has 0 radical (unpaired) electrons. The second-order valence-corrected chi connectivity index (χ2v) is 8.10. The molecule has 1 fully saturated rings. The molecule has 0 N–H and O–H groups in total. The van der Waals surface area contributed by atoms with Gasteiger partial charge in [-0.1, -0.05) is 6.07 Å². The Morgan fingerprint density at radius 1 is 1.18 bits per heavy atom. The fourth-order valence-electron chi connectivity index (χ4n) is 3.10. The first-order chi connectivity index (χ1) is 16.2. The van der Waals surface area contributed by atoms with Gasteiger partial charge in [-0.3, -0.25) is 24.6 Å². The van der Waals surface area contributed by atoms with Crippen LogP contribution >= 0.6 is 11.8 Å². The fraction of sp³-hybridized carbons (Fsp3) is 0.261. The third-order valence-electron chi connectivity index (χ3n) is 4.87. The van der Waals surface area contributed by atoms with Gasteiger partial charge < -0.3 is 14.2 Å².